The first kappa shape index (κ1) is 33.7. The number of hydrogen-bond acceptors (Lipinski definition) is 1. The van der Waals surface area contributed by atoms with Gasteiger partial charge in [-0.25, -0.2) is 0 Å². The Morgan fingerprint density at radius 2 is 0.780 bits per heavy atom. The topological polar surface area (TPSA) is 9.86 Å². The number of hydrogen-bond donors (Lipinski definition) is 0. The maximum absolute atomic E-state index is 2.47. The summed E-state index contributed by atoms with van der Waals surface area (Å²) in [7, 11) is 0. The molecule has 12 rings (SSSR count). The second kappa shape index (κ2) is 13.6. The van der Waals surface area contributed by atoms with E-state index in [-0.39, 0.29) is 0 Å². The van der Waals surface area contributed by atoms with Crippen molar-refractivity contribution in [3.63, 3.8) is 0 Å². The van der Waals surface area contributed by atoms with Crippen LogP contribution in [-0.2, 0) is 0 Å². The number of rotatable bonds is 6. The Bertz CT molecular complexity index is 3500. The van der Waals surface area contributed by atoms with Crippen molar-refractivity contribution in [2.75, 3.05) is 0 Å². The summed E-state index contributed by atoms with van der Waals surface area (Å²) >= 11 is 1.90. The summed E-state index contributed by atoms with van der Waals surface area (Å²) in [5.74, 6) is 0. The molecular formula is C56H36N2S. The summed E-state index contributed by atoms with van der Waals surface area (Å²) in [6.07, 6.45) is 2.32. The summed E-state index contributed by atoms with van der Waals surface area (Å²) in [6.45, 7) is 0. The minimum Gasteiger partial charge on any atom is -0.314 e. The smallest absolute Gasteiger partial charge is 0.0788 e. The van der Waals surface area contributed by atoms with Crippen LogP contribution in [0.4, 0.5) is 0 Å². The molecule has 0 spiro atoms. The van der Waals surface area contributed by atoms with E-state index in [1.54, 1.807) is 0 Å². The average Bonchev–Trinajstić information content (AvgIpc) is 4.00. The monoisotopic (exact) mass is 768 g/mol. The quantitative estimate of drug-likeness (QED) is 0.159. The predicted molar refractivity (Wildman–Crippen MR) is 252 cm³/mol. The largest absolute Gasteiger partial charge is 0.314 e. The molecule has 0 unspecified atom stereocenters. The molecule has 0 fully saturated rings. The Labute approximate surface area is 346 Å². The molecule has 2 nitrogen and oxygen atoms in total. The van der Waals surface area contributed by atoms with Crippen LogP contribution >= 0.6 is 11.3 Å². The number of nitrogens with zero attached hydrogens (tertiary/aromatic N) is 2. The fourth-order valence-corrected chi connectivity index (χ4v) is 10.6. The molecule has 0 aliphatic heterocycles. The molecule has 0 aliphatic carbocycles. The highest BCUT2D eigenvalue weighted by Crippen LogP contribution is 2.45. The van der Waals surface area contributed by atoms with Crippen molar-refractivity contribution >= 4 is 64.2 Å². The molecule has 3 heteroatoms. The average molecular weight is 769 g/mol. The first-order chi connectivity index (χ1) is 29.3. The summed E-state index contributed by atoms with van der Waals surface area (Å²) < 4.78 is 7.50. The Kier molecular flexibility index (Phi) is 7.75. The Morgan fingerprint density at radius 1 is 0.288 bits per heavy atom. The molecule has 0 N–H and O–H groups in total. The fourth-order valence-electron chi connectivity index (χ4n) is 9.21. The fraction of sp³-hybridized carbons (Fsp3) is 0. The lowest BCUT2D eigenvalue weighted by atomic mass is 9.98. The summed E-state index contributed by atoms with van der Waals surface area (Å²) in [5, 5.41) is 6.33. The molecular weight excluding hydrogens is 733 g/mol. The van der Waals surface area contributed by atoms with Crippen molar-refractivity contribution in [2.24, 2.45) is 0 Å². The highest BCUT2D eigenvalue weighted by atomic mass is 32.1. The van der Waals surface area contributed by atoms with Crippen molar-refractivity contribution in [1.82, 2.24) is 9.13 Å². The van der Waals surface area contributed by atoms with Crippen molar-refractivity contribution < 1.29 is 0 Å². The zero-order valence-electron chi connectivity index (χ0n) is 32.1. The number of aromatic nitrogens is 2. The van der Waals surface area contributed by atoms with Crippen LogP contribution in [-0.4, -0.2) is 9.13 Å². The highest BCUT2D eigenvalue weighted by molar-refractivity contribution is 7.26. The van der Waals surface area contributed by atoms with Crippen LogP contribution in [0.1, 0.15) is 0 Å². The van der Waals surface area contributed by atoms with E-state index >= 15 is 0 Å². The number of benzene rings is 9. The zero-order chi connectivity index (χ0) is 38.9. The van der Waals surface area contributed by atoms with E-state index in [0.29, 0.717) is 0 Å². The molecule has 0 radical (unpaired) electrons. The Balaban J connectivity index is 1.01. The van der Waals surface area contributed by atoms with E-state index in [4.69, 9.17) is 0 Å². The van der Waals surface area contributed by atoms with Crippen molar-refractivity contribution in [2.45, 2.75) is 0 Å². The van der Waals surface area contributed by atoms with Crippen molar-refractivity contribution in [3.05, 3.63) is 219 Å². The molecule has 59 heavy (non-hydrogen) atoms. The molecule has 9 aromatic carbocycles. The summed E-state index contributed by atoms with van der Waals surface area (Å²) in [5.41, 5.74) is 15.8. The van der Waals surface area contributed by atoms with Gasteiger partial charge in [0.15, 0.2) is 0 Å². The van der Waals surface area contributed by atoms with Crippen molar-refractivity contribution in [3.8, 4) is 55.9 Å². The van der Waals surface area contributed by atoms with Gasteiger partial charge in [0.05, 0.1) is 16.6 Å². The molecule has 0 amide bonds. The van der Waals surface area contributed by atoms with E-state index in [1.165, 1.54) is 97.4 Å². The van der Waals surface area contributed by atoms with Gasteiger partial charge >= 0.3 is 0 Å². The third-order valence-corrected chi connectivity index (χ3v) is 13.3. The maximum Gasteiger partial charge on any atom is 0.0788 e. The lowest BCUT2D eigenvalue weighted by Gasteiger charge is -2.13. The van der Waals surface area contributed by atoms with Gasteiger partial charge in [0.2, 0.25) is 0 Å². The minimum absolute atomic E-state index is 1.14. The molecule has 0 bridgehead atoms. The van der Waals surface area contributed by atoms with Crippen LogP contribution in [0.5, 0.6) is 0 Å². The Morgan fingerprint density at radius 3 is 1.44 bits per heavy atom. The van der Waals surface area contributed by atoms with Crippen molar-refractivity contribution in [1.29, 1.82) is 0 Å². The lowest BCUT2D eigenvalue weighted by molar-refractivity contribution is 1.12. The third kappa shape index (κ3) is 5.40. The first-order valence-electron chi connectivity index (χ1n) is 20.2. The zero-order valence-corrected chi connectivity index (χ0v) is 32.9. The van der Waals surface area contributed by atoms with E-state index in [9.17, 15) is 0 Å². The first-order valence-corrected chi connectivity index (χ1v) is 21.0. The van der Waals surface area contributed by atoms with Crippen LogP contribution in [0, 0.1) is 0 Å². The van der Waals surface area contributed by atoms with E-state index in [1.807, 2.05) is 11.3 Å². The van der Waals surface area contributed by atoms with Crippen LogP contribution in [0.3, 0.4) is 0 Å². The van der Waals surface area contributed by atoms with Crippen LogP contribution in [0.25, 0.3) is 109 Å². The molecule has 3 aromatic heterocycles. The van der Waals surface area contributed by atoms with Gasteiger partial charge in [-0.05, 0) is 69.3 Å². The highest BCUT2D eigenvalue weighted by Gasteiger charge is 2.21. The van der Waals surface area contributed by atoms with E-state index < -0.39 is 0 Å². The molecule has 3 heterocycles. The number of thiophene rings is 1. The molecule has 12 aromatic rings. The van der Waals surface area contributed by atoms with Gasteiger partial charge in [0, 0.05) is 59.5 Å². The normalized spacial score (nSPS) is 11.7. The van der Waals surface area contributed by atoms with Gasteiger partial charge < -0.3 is 9.13 Å². The molecule has 0 atom stereocenters. The Hall–Kier alpha value is -7.46. The maximum atomic E-state index is 2.47. The third-order valence-electron chi connectivity index (χ3n) is 12.0. The van der Waals surface area contributed by atoms with Gasteiger partial charge in [0.25, 0.3) is 0 Å². The second-order valence-corrected chi connectivity index (χ2v) is 16.3. The SMILES string of the molecule is c1ccc(-c2ccc(-c3cccc4c3sc3c(-c5ccc(-n6c7ccccc7c7ccc8c(-c9ccccc9)cn(-c9ccccc9)c8c76)cc5)cccc34)cc2)cc1. The minimum atomic E-state index is 1.14. The van der Waals surface area contributed by atoms with Gasteiger partial charge in [-0.1, -0.05) is 182 Å². The van der Waals surface area contributed by atoms with Crippen LogP contribution < -0.4 is 0 Å². The summed E-state index contributed by atoms with van der Waals surface area (Å²) in [6, 6.07) is 77.3. The number of fused-ring (bicyclic) bond motifs is 8. The molecule has 276 valence electrons. The van der Waals surface area contributed by atoms with E-state index in [2.05, 4.69) is 228 Å². The number of para-hydroxylation sites is 2. The van der Waals surface area contributed by atoms with Gasteiger partial charge in [0.1, 0.15) is 0 Å². The molecule has 0 aliphatic rings. The van der Waals surface area contributed by atoms with Crippen LogP contribution in [0.2, 0.25) is 0 Å². The van der Waals surface area contributed by atoms with E-state index in [0.717, 1.165) is 11.4 Å². The standard InChI is InChI=1S/C56H36N2S/c1-4-14-37(15-5-1)38-26-28-40(29-27-38)44-21-12-23-49-50-24-13-22-45(56(50)59-55(44)49)41-30-32-43(33-31-41)58-52-25-11-10-20-46(52)47-34-35-48-51(39-16-6-2-7-17-39)36-57(53(48)54(47)58)42-18-8-3-9-19-42/h1-36H. The lowest BCUT2D eigenvalue weighted by Crippen LogP contribution is -1.98. The second-order valence-electron chi connectivity index (χ2n) is 15.3. The van der Waals surface area contributed by atoms with Gasteiger partial charge in [-0.15, -0.1) is 11.3 Å². The summed E-state index contributed by atoms with van der Waals surface area (Å²) in [4.78, 5) is 0. The molecule has 0 saturated carbocycles. The van der Waals surface area contributed by atoms with Crippen LogP contribution in [0.15, 0.2) is 219 Å². The van der Waals surface area contributed by atoms with Gasteiger partial charge in [-0.2, -0.15) is 0 Å². The molecule has 0 saturated heterocycles. The van der Waals surface area contributed by atoms with Gasteiger partial charge in [-0.3, -0.25) is 0 Å². The predicted octanol–water partition coefficient (Wildman–Crippen LogP) is 15.8.